The Morgan fingerprint density at radius 1 is 1.19 bits per heavy atom. The Balaban J connectivity index is 1.88. The molecule has 1 aliphatic heterocycles. The number of amides is 2. The van der Waals surface area contributed by atoms with Gasteiger partial charge in [0.2, 0.25) is 0 Å². The average molecular weight is 450 g/mol. The summed E-state index contributed by atoms with van der Waals surface area (Å²) in [5.41, 5.74) is 5.50. The van der Waals surface area contributed by atoms with Gasteiger partial charge >= 0.3 is 18.2 Å². The minimum Gasteiger partial charge on any atom is -0.468 e. The summed E-state index contributed by atoms with van der Waals surface area (Å²) in [5, 5.41) is 1.89. The number of cyclic esters (lactones) is 1. The Morgan fingerprint density at radius 2 is 1.88 bits per heavy atom. The normalized spacial score (nSPS) is 15.8. The predicted molar refractivity (Wildman–Crippen MR) is 104 cm³/mol. The second kappa shape index (κ2) is 9.10. The number of esters is 1. The van der Waals surface area contributed by atoms with E-state index in [0.717, 1.165) is 24.3 Å². The van der Waals surface area contributed by atoms with Crippen LogP contribution in [0.15, 0.2) is 48.2 Å². The molecule has 1 fully saturated rings. The number of carbonyl (C=O) groups excluding carboxylic acids is 3. The maximum absolute atomic E-state index is 13.2. The number of halogens is 3. The third-order valence-electron chi connectivity index (χ3n) is 4.38. The standard InChI is InChI=1S/C21H17F3N2O6/c1-30-19(28)15(25)8-11-2-6-14(7-3-11)31-16-10-13(21(22,23)24)5-4-12(16)9-17-18(27)26-20(29)32-17/h2-7,9-10,15H,8,25H2,1H3,(H,26,27,29)/b17-9-. The van der Waals surface area contributed by atoms with Crippen LogP contribution < -0.4 is 15.8 Å². The van der Waals surface area contributed by atoms with Crippen molar-refractivity contribution >= 4 is 24.0 Å². The van der Waals surface area contributed by atoms with Crippen LogP contribution in [0.4, 0.5) is 18.0 Å². The van der Waals surface area contributed by atoms with E-state index in [-0.39, 0.29) is 29.2 Å². The molecule has 0 radical (unpaired) electrons. The van der Waals surface area contributed by atoms with Crippen molar-refractivity contribution < 1.29 is 41.8 Å². The highest BCUT2D eigenvalue weighted by Crippen LogP contribution is 2.36. The van der Waals surface area contributed by atoms with Crippen molar-refractivity contribution in [2.24, 2.45) is 5.73 Å². The zero-order valence-electron chi connectivity index (χ0n) is 16.6. The first-order chi connectivity index (χ1) is 15.1. The number of hydrogen-bond acceptors (Lipinski definition) is 7. The van der Waals surface area contributed by atoms with Crippen molar-refractivity contribution in [3.8, 4) is 11.5 Å². The molecule has 11 heteroatoms. The van der Waals surface area contributed by atoms with E-state index in [4.69, 9.17) is 15.2 Å². The van der Waals surface area contributed by atoms with Gasteiger partial charge in [0.1, 0.15) is 17.5 Å². The lowest BCUT2D eigenvalue weighted by atomic mass is 10.1. The minimum atomic E-state index is -4.63. The molecule has 0 aromatic heterocycles. The Hall–Kier alpha value is -3.86. The molecule has 2 amide bonds. The summed E-state index contributed by atoms with van der Waals surface area (Å²) in [6, 6.07) is 7.96. The molecule has 0 aliphatic carbocycles. The van der Waals surface area contributed by atoms with Crippen LogP contribution in [0.25, 0.3) is 6.08 Å². The number of nitrogens with one attached hydrogen (secondary N) is 1. The van der Waals surface area contributed by atoms with Crippen LogP contribution in [-0.2, 0) is 31.7 Å². The van der Waals surface area contributed by atoms with E-state index in [1.165, 1.54) is 19.2 Å². The first kappa shape index (κ1) is 22.8. The molecule has 32 heavy (non-hydrogen) atoms. The molecule has 3 rings (SSSR count). The van der Waals surface area contributed by atoms with Gasteiger partial charge in [0.25, 0.3) is 5.91 Å². The van der Waals surface area contributed by atoms with Gasteiger partial charge in [0.15, 0.2) is 5.76 Å². The number of alkyl halides is 3. The van der Waals surface area contributed by atoms with E-state index in [1.54, 1.807) is 12.1 Å². The van der Waals surface area contributed by atoms with Crippen molar-refractivity contribution in [3.05, 3.63) is 64.9 Å². The fraction of sp³-hybridized carbons (Fsp3) is 0.190. The largest absolute Gasteiger partial charge is 0.468 e. The van der Waals surface area contributed by atoms with Gasteiger partial charge in [-0.3, -0.25) is 14.9 Å². The molecular formula is C21H17F3N2O6. The van der Waals surface area contributed by atoms with Crippen molar-refractivity contribution in [2.45, 2.75) is 18.6 Å². The molecule has 1 aliphatic rings. The van der Waals surface area contributed by atoms with Crippen molar-refractivity contribution in [2.75, 3.05) is 7.11 Å². The molecule has 3 N–H and O–H groups in total. The van der Waals surface area contributed by atoms with Gasteiger partial charge in [-0.1, -0.05) is 18.2 Å². The van der Waals surface area contributed by atoms with Gasteiger partial charge in [-0.15, -0.1) is 0 Å². The van der Waals surface area contributed by atoms with Gasteiger partial charge < -0.3 is 19.9 Å². The van der Waals surface area contributed by atoms with Gasteiger partial charge in [-0.2, -0.15) is 13.2 Å². The summed E-state index contributed by atoms with van der Waals surface area (Å²) in [5.74, 6) is -1.82. The zero-order chi connectivity index (χ0) is 23.5. The quantitative estimate of drug-likeness (QED) is 0.513. The van der Waals surface area contributed by atoms with Gasteiger partial charge in [-0.25, -0.2) is 4.79 Å². The smallest absolute Gasteiger partial charge is 0.419 e. The number of alkyl carbamates (subject to hydrolysis) is 1. The summed E-state index contributed by atoms with van der Waals surface area (Å²) in [6.07, 6.45) is -4.33. The molecule has 0 bridgehead atoms. The van der Waals surface area contributed by atoms with Crippen molar-refractivity contribution in [1.82, 2.24) is 5.32 Å². The molecule has 1 unspecified atom stereocenters. The Labute approximate surface area is 179 Å². The third kappa shape index (κ3) is 5.43. The minimum absolute atomic E-state index is 0.0784. The zero-order valence-corrected chi connectivity index (χ0v) is 16.6. The number of benzene rings is 2. The lowest BCUT2D eigenvalue weighted by Gasteiger charge is -2.14. The summed E-state index contributed by atoms with van der Waals surface area (Å²) < 4.78 is 54.4. The molecule has 2 aromatic carbocycles. The summed E-state index contributed by atoms with van der Waals surface area (Å²) in [7, 11) is 1.22. The molecule has 8 nitrogen and oxygen atoms in total. The van der Waals surface area contributed by atoms with Crippen LogP contribution in [0.3, 0.4) is 0 Å². The summed E-state index contributed by atoms with van der Waals surface area (Å²) in [4.78, 5) is 34.3. The lowest BCUT2D eigenvalue weighted by molar-refractivity contribution is -0.142. The van der Waals surface area contributed by atoms with Gasteiger partial charge in [-0.05, 0) is 42.3 Å². The third-order valence-corrected chi connectivity index (χ3v) is 4.38. The molecular weight excluding hydrogens is 433 g/mol. The molecule has 0 spiro atoms. The van der Waals surface area contributed by atoms with Crippen molar-refractivity contribution in [1.29, 1.82) is 0 Å². The highest BCUT2D eigenvalue weighted by atomic mass is 19.4. The fourth-order valence-corrected chi connectivity index (χ4v) is 2.79. The molecule has 1 atom stereocenters. The van der Waals surface area contributed by atoms with E-state index >= 15 is 0 Å². The maximum Gasteiger partial charge on any atom is 0.419 e. The molecule has 1 saturated heterocycles. The highest BCUT2D eigenvalue weighted by molar-refractivity contribution is 6.10. The van der Waals surface area contributed by atoms with E-state index in [0.29, 0.717) is 5.56 Å². The van der Waals surface area contributed by atoms with Crippen molar-refractivity contribution in [3.63, 3.8) is 0 Å². The average Bonchev–Trinajstić information content (AvgIpc) is 3.05. The molecule has 0 saturated carbocycles. The predicted octanol–water partition coefficient (Wildman–Crippen LogP) is 3.15. The number of imide groups is 1. The second-order valence-corrected chi connectivity index (χ2v) is 6.68. The first-order valence-electron chi connectivity index (χ1n) is 9.13. The number of ether oxygens (including phenoxy) is 3. The van der Waals surface area contributed by atoms with E-state index in [1.807, 2.05) is 5.32 Å². The highest BCUT2D eigenvalue weighted by Gasteiger charge is 2.32. The Bertz CT molecular complexity index is 1080. The van der Waals surface area contributed by atoms with E-state index in [9.17, 15) is 27.6 Å². The van der Waals surface area contributed by atoms with Gasteiger partial charge in [0.05, 0.1) is 12.7 Å². The number of carbonyl (C=O) groups is 3. The van der Waals surface area contributed by atoms with Gasteiger partial charge in [0, 0.05) is 5.56 Å². The molecule has 1 heterocycles. The summed E-state index contributed by atoms with van der Waals surface area (Å²) >= 11 is 0. The number of nitrogens with two attached hydrogens (primary N) is 1. The van der Waals surface area contributed by atoms with Crippen LogP contribution in [0.5, 0.6) is 11.5 Å². The number of hydrogen-bond donors (Lipinski definition) is 2. The van der Waals surface area contributed by atoms with Crippen LogP contribution in [0.1, 0.15) is 16.7 Å². The van der Waals surface area contributed by atoms with Crippen LogP contribution in [0, 0.1) is 0 Å². The first-order valence-corrected chi connectivity index (χ1v) is 9.13. The Kier molecular flexibility index (Phi) is 6.49. The number of rotatable bonds is 6. The van der Waals surface area contributed by atoms with Crippen LogP contribution in [-0.4, -0.2) is 31.1 Å². The van der Waals surface area contributed by atoms with E-state index < -0.39 is 35.8 Å². The summed E-state index contributed by atoms with van der Waals surface area (Å²) in [6.45, 7) is 0. The molecule has 168 valence electrons. The van der Waals surface area contributed by atoms with E-state index in [2.05, 4.69) is 4.74 Å². The van der Waals surface area contributed by atoms with Crippen LogP contribution in [0.2, 0.25) is 0 Å². The lowest BCUT2D eigenvalue weighted by Crippen LogP contribution is -2.33. The Morgan fingerprint density at radius 3 is 2.44 bits per heavy atom. The number of methoxy groups -OCH3 is 1. The second-order valence-electron chi connectivity index (χ2n) is 6.68. The van der Waals surface area contributed by atoms with Crippen LogP contribution >= 0.6 is 0 Å². The SMILES string of the molecule is COC(=O)C(N)Cc1ccc(Oc2cc(C(F)(F)F)ccc2/C=C2\OC(=O)NC2=O)cc1. The maximum atomic E-state index is 13.2. The fourth-order valence-electron chi connectivity index (χ4n) is 2.79. The monoisotopic (exact) mass is 450 g/mol. The topological polar surface area (TPSA) is 117 Å². The molecule has 2 aromatic rings.